The van der Waals surface area contributed by atoms with Crippen LogP contribution >= 0.6 is 0 Å². The first kappa shape index (κ1) is 14.3. The van der Waals surface area contributed by atoms with Gasteiger partial charge in [-0.2, -0.15) is 0 Å². The first-order valence-electron chi connectivity index (χ1n) is 6.48. The number of aliphatic carboxylic acids is 1. The minimum absolute atomic E-state index is 0.0243. The maximum Gasteiger partial charge on any atom is 0.323 e. The van der Waals surface area contributed by atoms with Crippen molar-refractivity contribution in [2.45, 2.75) is 24.8 Å². The number of hydrogen-bond acceptors (Lipinski definition) is 4. The van der Waals surface area contributed by atoms with Crippen molar-refractivity contribution in [3.8, 4) is 5.75 Å². The molecule has 1 saturated carbocycles. The van der Waals surface area contributed by atoms with Crippen LogP contribution in [0.15, 0.2) is 24.3 Å². The molecule has 6 heteroatoms. The number of nitrogens with one attached hydrogen (secondary N) is 2. The molecule has 0 aromatic heterocycles. The Bertz CT molecular complexity index is 512. The lowest BCUT2D eigenvalue weighted by Crippen LogP contribution is -2.58. The number of hydrogen-bond donors (Lipinski definition) is 3. The van der Waals surface area contributed by atoms with Gasteiger partial charge in [0, 0.05) is 11.8 Å². The van der Waals surface area contributed by atoms with Gasteiger partial charge in [0.25, 0.3) is 0 Å². The number of anilines is 1. The summed E-state index contributed by atoms with van der Waals surface area (Å²) in [4.78, 5) is 23.0. The SMILES string of the molecule is COc1cccc(NC(=O)CNC2(C(=O)O)CCC2)c1. The Hall–Kier alpha value is -2.08. The van der Waals surface area contributed by atoms with Crippen molar-refractivity contribution in [2.24, 2.45) is 0 Å². The molecule has 1 aliphatic rings. The molecule has 20 heavy (non-hydrogen) atoms. The summed E-state index contributed by atoms with van der Waals surface area (Å²) in [6, 6.07) is 7.00. The lowest BCUT2D eigenvalue weighted by molar-refractivity contribution is -0.148. The molecule has 0 aliphatic heterocycles. The molecule has 1 aliphatic carbocycles. The van der Waals surface area contributed by atoms with E-state index >= 15 is 0 Å². The van der Waals surface area contributed by atoms with Crippen LogP contribution in [0.2, 0.25) is 0 Å². The van der Waals surface area contributed by atoms with Gasteiger partial charge in [-0.05, 0) is 31.4 Å². The Balaban J connectivity index is 1.87. The molecular formula is C14H18N2O4. The van der Waals surface area contributed by atoms with Gasteiger partial charge in [-0.1, -0.05) is 6.07 Å². The Morgan fingerprint density at radius 1 is 1.40 bits per heavy atom. The molecule has 0 radical (unpaired) electrons. The van der Waals surface area contributed by atoms with E-state index < -0.39 is 11.5 Å². The second kappa shape index (κ2) is 5.92. The Morgan fingerprint density at radius 2 is 2.15 bits per heavy atom. The van der Waals surface area contributed by atoms with E-state index in [9.17, 15) is 9.59 Å². The first-order chi connectivity index (χ1) is 9.55. The second-order valence-corrected chi connectivity index (χ2v) is 4.87. The predicted octanol–water partition coefficient (Wildman–Crippen LogP) is 1.23. The first-order valence-corrected chi connectivity index (χ1v) is 6.48. The number of amides is 1. The van der Waals surface area contributed by atoms with Crippen LogP contribution in [-0.4, -0.2) is 36.2 Å². The third-order valence-corrected chi connectivity index (χ3v) is 3.56. The number of carboxylic acid groups (broad SMARTS) is 1. The highest BCUT2D eigenvalue weighted by Crippen LogP contribution is 2.31. The largest absolute Gasteiger partial charge is 0.497 e. The predicted molar refractivity (Wildman–Crippen MR) is 73.8 cm³/mol. The van der Waals surface area contributed by atoms with Gasteiger partial charge >= 0.3 is 5.97 Å². The van der Waals surface area contributed by atoms with Crippen LogP contribution in [0.5, 0.6) is 5.75 Å². The number of rotatable bonds is 6. The fourth-order valence-corrected chi connectivity index (χ4v) is 2.15. The maximum absolute atomic E-state index is 11.8. The van der Waals surface area contributed by atoms with Crippen molar-refractivity contribution in [1.82, 2.24) is 5.32 Å². The molecule has 0 saturated heterocycles. The summed E-state index contributed by atoms with van der Waals surface area (Å²) < 4.78 is 5.06. The zero-order chi connectivity index (χ0) is 14.6. The lowest BCUT2D eigenvalue weighted by atomic mass is 9.77. The van der Waals surface area contributed by atoms with Crippen LogP contribution in [-0.2, 0) is 9.59 Å². The number of carbonyl (C=O) groups is 2. The number of methoxy groups -OCH3 is 1. The average Bonchev–Trinajstić information content (AvgIpc) is 2.37. The molecule has 0 heterocycles. The molecule has 2 rings (SSSR count). The standard InChI is InChI=1S/C14H18N2O4/c1-20-11-5-2-4-10(8-11)16-12(17)9-15-14(13(18)19)6-3-7-14/h2,4-5,8,15H,3,6-7,9H2,1H3,(H,16,17)(H,18,19). The molecule has 6 nitrogen and oxygen atoms in total. The van der Waals surface area contributed by atoms with Crippen molar-refractivity contribution in [3.63, 3.8) is 0 Å². The molecular weight excluding hydrogens is 260 g/mol. The minimum Gasteiger partial charge on any atom is -0.497 e. The highest BCUT2D eigenvalue weighted by molar-refractivity contribution is 5.93. The van der Waals surface area contributed by atoms with E-state index in [1.165, 1.54) is 0 Å². The summed E-state index contributed by atoms with van der Waals surface area (Å²) in [6.45, 7) is -0.0243. The highest BCUT2D eigenvalue weighted by Gasteiger charge is 2.44. The monoisotopic (exact) mass is 278 g/mol. The second-order valence-electron chi connectivity index (χ2n) is 4.87. The van der Waals surface area contributed by atoms with Crippen LogP contribution in [0.1, 0.15) is 19.3 Å². The molecule has 0 spiro atoms. The van der Waals surface area contributed by atoms with Crippen molar-refractivity contribution in [1.29, 1.82) is 0 Å². The van der Waals surface area contributed by atoms with E-state index in [1.807, 2.05) is 0 Å². The third kappa shape index (κ3) is 3.08. The van der Waals surface area contributed by atoms with E-state index in [2.05, 4.69) is 10.6 Å². The van der Waals surface area contributed by atoms with E-state index in [1.54, 1.807) is 31.4 Å². The fourth-order valence-electron chi connectivity index (χ4n) is 2.15. The van der Waals surface area contributed by atoms with Gasteiger partial charge in [0.15, 0.2) is 0 Å². The Labute approximate surface area is 117 Å². The quantitative estimate of drug-likeness (QED) is 0.728. The average molecular weight is 278 g/mol. The van der Waals surface area contributed by atoms with Gasteiger partial charge in [0.1, 0.15) is 11.3 Å². The zero-order valence-electron chi connectivity index (χ0n) is 11.3. The van der Waals surface area contributed by atoms with Crippen LogP contribution in [0, 0.1) is 0 Å². The van der Waals surface area contributed by atoms with Crippen LogP contribution in [0.3, 0.4) is 0 Å². The van der Waals surface area contributed by atoms with Gasteiger partial charge in [-0.3, -0.25) is 14.9 Å². The van der Waals surface area contributed by atoms with Gasteiger partial charge in [0.05, 0.1) is 13.7 Å². The van der Waals surface area contributed by atoms with E-state index in [0.717, 1.165) is 6.42 Å². The summed E-state index contributed by atoms with van der Waals surface area (Å²) in [5, 5.41) is 14.7. The van der Waals surface area contributed by atoms with Crippen LogP contribution in [0.25, 0.3) is 0 Å². The summed E-state index contributed by atoms with van der Waals surface area (Å²) in [5.74, 6) is -0.513. The Morgan fingerprint density at radius 3 is 2.70 bits per heavy atom. The fraction of sp³-hybridized carbons (Fsp3) is 0.429. The highest BCUT2D eigenvalue weighted by atomic mass is 16.5. The van der Waals surface area contributed by atoms with Crippen molar-refractivity contribution >= 4 is 17.6 Å². The molecule has 0 bridgehead atoms. The molecule has 1 fully saturated rings. The van der Waals surface area contributed by atoms with Crippen molar-refractivity contribution in [2.75, 3.05) is 19.0 Å². The lowest BCUT2D eigenvalue weighted by Gasteiger charge is -2.38. The zero-order valence-corrected chi connectivity index (χ0v) is 11.3. The van der Waals surface area contributed by atoms with Gasteiger partial charge in [-0.15, -0.1) is 0 Å². The molecule has 0 atom stereocenters. The molecule has 1 aromatic carbocycles. The van der Waals surface area contributed by atoms with E-state index in [-0.39, 0.29) is 12.5 Å². The molecule has 1 aromatic rings. The topological polar surface area (TPSA) is 87.7 Å². The Kier molecular flexibility index (Phi) is 4.24. The molecule has 108 valence electrons. The summed E-state index contributed by atoms with van der Waals surface area (Å²) in [7, 11) is 1.55. The summed E-state index contributed by atoms with van der Waals surface area (Å²) in [5.41, 5.74) is -0.305. The summed E-state index contributed by atoms with van der Waals surface area (Å²) >= 11 is 0. The van der Waals surface area contributed by atoms with Crippen molar-refractivity contribution < 1.29 is 19.4 Å². The van der Waals surface area contributed by atoms with Gasteiger partial charge < -0.3 is 15.2 Å². The van der Waals surface area contributed by atoms with Gasteiger partial charge in [0.2, 0.25) is 5.91 Å². The smallest absolute Gasteiger partial charge is 0.323 e. The number of benzene rings is 1. The minimum atomic E-state index is -0.925. The van der Waals surface area contributed by atoms with Gasteiger partial charge in [-0.25, -0.2) is 0 Å². The normalized spacial score (nSPS) is 16.1. The molecule has 0 unspecified atom stereocenters. The molecule has 3 N–H and O–H groups in total. The number of ether oxygens (including phenoxy) is 1. The van der Waals surface area contributed by atoms with Crippen molar-refractivity contribution in [3.05, 3.63) is 24.3 Å². The molecule has 1 amide bonds. The number of carboxylic acids is 1. The number of carbonyl (C=O) groups excluding carboxylic acids is 1. The summed E-state index contributed by atoms with van der Waals surface area (Å²) in [6.07, 6.45) is 2.00. The van der Waals surface area contributed by atoms with E-state index in [0.29, 0.717) is 24.3 Å². The third-order valence-electron chi connectivity index (χ3n) is 3.56. The maximum atomic E-state index is 11.8. The van der Waals surface area contributed by atoms with E-state index in [4.69, 9.17) is 9.84 Å². The van der Waals surface area contributed by atoms with Crippen LogP contribution < -0.4 is 15.4 Å². The van der Waals surface area contributed by atoms with Crippen LogP contribution in [0.4, 0.5) is 5.69 Å².